The number of furan rings is 1. The van der Waals surface area contributed by atoms with E-state index >= 15 is 0 Å². The predicted octanol–water partition coefficient (Wildman–Crippen LogP) is 4.90. The maximum atomic E-state index is 12.6. The van der Waals surface area contributed by atoms with E-state index in [0.717, 1.165) is 53.0 Å². The van der Waals surface area contributed by atoms with E-state index in [4.69, 9.17) is 9.15 Å². The molecule has 0 saturated carbocycles. The minimum Gasteiger partial charge on any atom is -0.450 e. The minimum absolute atomic E-state index is 0.255. The fourth-order valence-electron chi connectivity index (χ4n) is 3.45. The summed E-state index contributed by atoms with van der Waals surface area (Å²) in [5, 5.41) is 3.84. The number of morpholine rings is 1. The van der Waals surface area contributed by atoms with Crippen LogP contribution in [-0.4, -0.2) is 32.2 Å². The lowest BCUT2D eigenvalue weighted by Crippen LogP contribution is -2.36. The largest absolute Gasteiger partial charge is 0.450 e. The first-order chi connectivity index (χ1) is 13.0. The van der Waals surface area contributed by atoms with Crippen molar-refractivity contribution in [2.75, 3.05) is 36.5 Å². The molecule has 27 heavy (non-hydrogen) atoms. The van der Waals surface area contributed by atoms with Crippen LogP contribution >= 0.6 is 15.9 Å². The summed E-state index contributed by atoms with van der Waals surface area (Å²) in [4.78, 5) is 14.9. The van der Waals surface area contributed by atoms with Crippen LogP contribution in [0.15, 0.2) is 45.3 Å². The minimum atomic E-state index is -0.255. The lowest BCUT2D eigenvalue weighted by molar-refractivity contribution is 0.0998. The molecule has 1 saturated heterocycles. The summed E-state index contributed by atoms with van der Waals surface area (Å²) in [7, 11) is 0. The van der Waals surface area contributed by atoms with Crippen LogP contribution in [0.3, 0.4) is 0 Å². The van der Waals surface area contributed by atoms with Crippen molar-refractivity contribution >= 4 is 44.2 Å². The maximum Gasteiger partial charge on any atom is 0.291 e. The molecule has 1 aliphatic heterocycles. The molecule has 4 rings (SSSR count). The molecule has 1 N–H and O–H groups in total. The number of carbonyl (C=O) groups excluding carboxylic acids is 1. The van der Waals surface area contributed by atoms with Crippen LogP contribution in [-0.2, 0) is 4.74 Å². The van der Waals surface area contributed by atoms with Gasteiger partial charge in [0, 0.05) is 29.9 Å². The zero-order valence-corrected chi connectivity index (χ0v) is 16.9. The standard InChI is InChI=1S/C21H21BrN2O3/c1-13-9-15-12-19(27-20(15)17(22)10-13)21(25)23-16-3-4-18(14(2)11-16)24-5-7-26-8-6-24/h3-4,9-12H,5-8H2,1-2H3,(H,23,25). The van der Waals surface area contributed by atoms with Crippen molar-refractivity contribution in [2.45, 2.75) is 13.8 Å². The normalized spacial score (nSPS) is 14.6. The van der Waals surface area contributed by atoms with Gasteiger partial charge in [-0.3, -0.25) is 4.79 Å². The van der Waals surface area contributed by atoms with E-state index in [2.05, 4.69) is 39.1 Å². The Kier molecular flexibility index (Phi) is 4.93. The van der Waals surface area contributed by atoms with E-state index in [9.17, 15) is 4.79 Å². The first-order valence-electron chi connectivity index (χ1n) is 8.95. The average molecular weight is 429 g/mol. The molecule has 1 amide bonds. The fraction of sp³-hybridized carbons (Fsp3) is 0.286. The van der Waals surface area contributed by atoms with Crippen LogP contribution in [0.4, 0.5) is 11.4 Å². The summed E-state index contributed by atoms with van der Waals surface area (Å²) >= 11 is 3.49. The number of rotatable bonds is 3. The van der Waals surface area contributed by atoms with Crippen LogP contribution in [0.25, 0.3) is 11.0 Å². The van der Waals surface area contributed by atoms with E-state index in [1.54, 1.807) is 6.07 Å². The number of halogens is 1. The summed E-state index contributed by atoms with van der Waals surface area (Å²) < 4.78 is 12.0. The highest BCUT2D eigenvalue weighted by molar-refractivity contribution is 9.10. The van der Waals surface area contributed by atoms with Gasteiger partial charge in [-0.15, -0.1) is 0 Å². The molecule has 2 aromatic carbocycles. The third kappa shape index (κ3) is 3.73. The lowest BCUT2D eigenvalue weighted by Gasteiger charge is -2.30. The predicted molar refractivity (Wildman–Crippen MR) is 111 cm³/mol. The van der Waals surface area contributed by atoms with Crippen LogP contribution in [0.2, 0.25) is 0 Å². The van der Waals surface area contributed by atoms with Crippen LogP contribution < -0.4 is 10.2 Å². The highest BCUT2D eigenvalue weighted by Crippen LogP contribution is 2.30. The molecule has 0 aliphatic carbocycles. The summed E-state index contributed by atoms with van der Waals surface area (Å²) in [5.41, 5.74) is 4.85. The summed E-state index contributed by atoms with van der Waals surface area (Å²) in [6.07, 6.45) is 0. The molecule has 0 atom stereocenters. The van der Waals surface area contributed by atoms with Gasteiger partial charge in [-0.1, -0.05) is 0 Å². The van der Waals surface area contributed by atoms with Gasteiger partial charge in [-0.25, -0.2) is 0 Å². The molecule has 0 spiro atoms. The highest BCUT2D eigenvalue weighted by Gasteiger charge is 2.17. The number of aryl methyl sites for hydroxylation is 2. The van der Waals surface area contributed by atoms with Crippen molar-refractivity contribution in [1.29, 1.82) is 0 Å². The second-order valence-corrected chi connectivity index (χ2v) is 7.68. The second kappa shape index (κ2) is 7.37. The maximum absolute atomic E-state index is 12.6. The number of benzene rings is 2. The highest BCUT2D eigenvalue weighted by atomic mass is 79.9. The number of carbonyl (C=O) groups is 1. The molecule has 0 unspecified atom stereocenters. The molecular weight excluding hydrogens is 408 g/mol. The first-order valence-corrected chi connectivity index (χ1v) is 9.75. The number of anilines is 2. The SMILES string of the molecule is Cc1cc(Br)c2oc(C(=O)Nc3ccc(N4CCOCC4)c(C)c3)cc2c1. The van der Waals surface area contributed by atoms with Gasteiger partial charge in [0.25, 0.3) is 5.91 Å². The first kappa shape index (κ1) is 18.1. The number of nitrogens with zero attached hydrogens (tertiary/aromatic N) is 1. The molecule has 2 heterocycles. The van der Waals surface area contributed by atoms with E-state index in [1.165, 1.54) is 5.69 Å². The van der Waals surface area contributed by atoms with E-state index in [0.29, 0.717) is 11.3 Å². The second-order valence-electron chi connectivity index (χ2n) is 6.83. The van der Waals surface area contributed by atoms with Gasteiger partial charge in [0.15, 0.2) is 5.76 Å². The van der Waals surface area contributed by atoms with Gasteiger partial charge in [-0.2, -0.15) is 0 Å². The summed E-state index contributed by atoms with van der Waals surface area (Å²) in [5.74, 6) is 0.0421. The summed E-state index contributed by atoms with van der Waals surface area (Å²) in [6, 6.07) is 11.7. The molecule has 6 heteroatoms. The van der Waals surface area contributed by atoms with Gasteiger partial charge in [-0.05, 0) is 77.3 Å². The number of fused-ring (bicyclic) bond motifs is 1. The van der Waals surface area contributed by atoms with Crippen molar-refractivity contribution in [3.8, 4) is 0 Å². The third-order valence-electron chi connectivity index (χ3n) is 4.75. The van der Waals surface area contributed by atoms with E-state index in [-0.39, 0.29) is 5.91 Å². The Hall–Kier alpha value is -2.31. The van der Waals surface area contributed by atoms with Gasteiger partial charge in [0.2, 0.25) is 0 Å². The van der Waals surface area contributed by atoms with Crippen molar-refractivity contribution in [2.24, 2.45) is 0 Å². The van der Waals surface area contributed by atoms with Crippen LogP contribution in [0, 0.1) is 13.8 Å². The number of ether oxygens (including phenoxy) is 1. The van der Waals surface area contributed by atoms with Crippen molar-refractivity contribution in [3.05, 3.63) is 57.8 Å². The molecule has 0 radical (unpaired) electrons. The zero-order chi connectivity index (χ0) is 19.0. The van der Waals surface area contributed by atoms with Crippen LogP contribution in [0.1, 0.15) is 21.7 Å². The average Bonchev–Trinajstić information content (AvgIpc) is 3.07. The lowest BCUT2D eigenvalue weighted by atomic mass is 10.1. The van der Waals surface area contributed by atoms with Crippen molar-refractivity contribution in [1.82, 2.24) is 0 Å². The molecule has 0 bridgehead atoms. The van der Waals surface area contributed by atoms with Crippen molar-refractivity contribution < 1.29 is 13.9 Å². The Morgan fingerprint density at radius 3 is 2.63 bits per heavy atom. The van der Waals surface area contributed by atoms with Crippen LogP contribution in [0.5, 0.6) is 0 Å². The van der Waals surface area contributed by atoms with E-state index < -0.39 is 0 Å². The Labute approximate surface area is 166 Å². The molecular formula is C21H21BrN2O3. The Morgan fingerprint density at radius 2 is 1.89 bits per heavy atom. The summed E-state index contributed by atoms with van der Waals surface area (Å²) in [6.45, 7) is 7.34. The fourth-order valence-corrected chi connectivity index (χ4v) is 4.12. The molecule has 1 aromatic heterocycles. The monoisotopic (exact) mass is 428 g/mol. The van der Waals surface area contributed by atoms with E-state index in [1.807, 2.05) is 31.2 Å². The number of amides is 1. The number of hydrogen-bond donors (Lipinski definition) is 1. The Bertz CT molecular complexity index is 1010. The quantitative estimate of drug-likeness (QED) is 0.644. The smallest absolute Gasteiger partial charge is 0.291 e. The molecule has 5 nitrogen and oxygen atoms in total. The molecule has 1 fully saturated rings. The number of hydrogen-bond acceptors (Lipinski definition) is 4. The Balaban J connectivity index is 1.54. The molecule has 1 aliphatic rings. The Morgan fingerprint density at radius 1 is 1.11 bits per heavy atom. The van der Waals surface area contributed by atoms with Crippen molar-refractivity contribution in [3.63, 3.8) is 0 Å². The third-order valence-corrected chi connectivity index (χ3v) is 5.33. The van der Waals surface area contributed by atoms with Gasteiger partial charge in [0.1, 0.15) is 5.58 Å². The zero-order valence-electron chi connectivity index (χ0n) is 15.3. The molecule has 3 aromatic rings. The number of nitrogens with one attached hydrogen (secondary N) is 1. The topological polar surface area (TPSA) is 54.7 Å². The van der Waals surface area contributed by atoms with Gasteiger partial charge < -0.3 is 19.4 Å². The van der Waals surface area contributed by atoms with Gasteiger partial charge >= 0.3 is 0 Å². The van der Waals surface area contributed by atoms with Gasteiger partial charge in [0.05, 0.1) is 17.7 Å². The molecule has 140 valence electrons.